The molecule has 6 nitrogen and oxygen atoms in total. The lowest BCUT2D eigenvalue weighted by molar-refractivity contribution is -0.113. The second-order valence-electron chi connectivity index (χ2n) is 9.40. The number of nitrogens with zero attached hydrogens (tertiary/aromatic N) is 3. The first-order valence-electron chi connectivity index (χ1n) is 11.3. The van der Waals surface area contributed by atoms with Gasteiger partial charge < -0.3 is 9.73 Å². The summed E-state index contributed by atoms with van der Waals surface area (Å²) in [5.74, 6) is 1.70. The van der Waals surface area contributed by atoms with Gasteiger partial charge in [0.25, 0.3) is 0 Å². The Bertz CT molecular complexity index is 1250. The summed E-state index contributed by atoms with van der Waals surface area (Å²) in [6, 6.07) is 18.2. The number of carbonyl (C=O) groups is 1. The molecule has 4 aromatic rings. The van der Waals surface area contributed by atoms with E-state index in [1.54, 1.807) is 6.26 Å². The molecule has 0 aliphatic carbocycles. The van der Waals surface area contributed by atoms with Crippen molar-refractivity contribution in [2.75, 3.05) is 11.1 Å². The van der Waals surface area contributed by atoms with Gasteiger partial charge in [0.2, 0.25) is 5.91 Å². The van der Waals surface area contributed by atoms with Crippen LogP contribution < -0.4 is 5.32 Å². The molecule has 2 aromatic carbocycles. The zero-order chi connectivity index (χ0) is 24.3. The smallest absolute Gasteiger partial charge is 0.234 e. The average molecular weight is 475 g/mol. The van der Waals surface area contributed by atoms with Crippen molar-refractivity contribution >= 4 is 23.4 Å². The predicted octanol–water partition coefficient (Wildman–Crippen LogP) is 6.23. The monoisotopic (exact) mass is 474 g/mol. The van der Waals surface area contributed by atoms with Crippen LogP contribution in [0.5, 0.6) is 0 Å². The Kier molecular flexibility index (Phi) is 6.93. The van der Waals surface area contributed by atoms with Crippen LogP contribution in [0.1, 0.15) is 43.2 Å². The standard InChI is InChI=1S/C27H30N4O2S/c1-18-8-6-9-19(2)24(18)28-23(32)17-34-26-30-29-25(31(26)16-22-10-7-15-33-22)20-11-13-21(14-12-20)27(3,4)5/h6-15H,16-17H2,1-5H3,(H,28,32). The molecule has 0 spiro atoms. The average Bonchev–Trinajstić information content (AvgIpc) is 3.45. The maximum atomic E-state index is 12.7. The Hall–Kier alpha value is -3.32. The van der Waals surface area contributed by atoms with Gasteiger partial charge in [0.1, 0.15) is 5.76 Å². The molecule has 176 valence electrons. The summed E-state index contributed by atoms with van der Waals surface area (Å²) in [4.78, 5) is 12.7. The van der Waals surface area contributed by atoms with E-state index in [-0.39, 0.29) is 17.1 Å². The van der Waals surface area contributed by atoms with Gasteiger partial charge in [0.15, 0.2) is 11.0 Å². The third-order valence-corrected chi connectivity index (χ3v) is 6.66. The number of benzene rings is 2. The summed E-state index contributed by atoms with van der Waals surface area (Å²) in [6.07, 6.45) is 1.66. The van der Waals surface area contributed by atoms with Gasteiger partial charge in [-0.2, -0.15) is 0 Å². The number of thioether (sulfide) groups is 1. The molecule has 0 aliphatic rings. The Morgan fingerprint density at radius 1 is 1.00 bits per heavy atom. The van der Waals surface area contributed by atoms with E-state index in [0.717, 1.165) is 34.0 Å². The van der Waals surface area contributed by atoms with E-state index < -0.39 is 0 Å². The molecular weight excluding hydrogens is 444 g/mol. The number of anilines is 1. The van der Waals surface area contributed by atoms with Crippen molar-refractivity contribution in [2.45, 2.75) is 51.7 Å². The van der Waals surface area contributed by atoms with Crippen molar-refractivity contribution < 1.29 is 9.21 Å². The Morgan fingerprint density at radius 2 is 1.71 bits per heavy atom. The third-order valence-electron chi connectivity index (χ3n) is 5.70. The molecule has 7 heteroatoms. The fourth-order valence-corrected chi connectivity index (χ4v) is 4.48. The van der Waals surface area contributed by atoms with Crippen LogP contribution in [0, 0.1) is 13.8 Å². The van der Waals surface area contributed by atoms with Crippen LogP contribution in [0.25, 0.3) is 11.4 Å². The number of aromatic nitrogens is 3. The zero-order valence-electron chi connectivity index (χ0n) is 20.3. The van der Waals surface area contributed by atoms with Gasteiger partial charge in [-0.3, -0.25) is 9.36 Å². The van der Waals surface area contributed by atoms with Gasteiger partial charge in [0, 0.05) is 11.3 Å². The van der Waals surface area contributed by atoms with Crippen molar-refractivity contribution in [2.24, 2.45) is 0 Å². The molecule has 34 heavy (non-hydrogen) atoms. The first-order valence-corrected chi connectivity index (χ1v) is 12.3. The second-order valence-corrected chi connectivity index (χ2v) is 10.3. The Labute approximate surface area is 204 Å². The van der Waals surface area contributed by atoms with Gasteiger partial charge in [-0.25, -0.2) is 0 Å². The van der Waals surface area contributed by atoms with Gasteiger partial charge in [-0.05, 0) is 48.1 Å². The van der Waals surface area contributed by atoms with E-state index in [0.29, 0.717) is 11.7 Å². The molecular formula is C27H30N4O2S. The zero-order valence-corrected chi connectivity index (χ0v) is 21.1. The third kappa shape index (κ3) is 5.42. The highest BCUT2D eigenvalue weighted by Gasteiger charge is 2.19. The number of carbonyl (C=O) groups excluding carboxylic acids is 1. The number of nitrogens with one attached hydrogen (secondary N) is 1. The van der Waals surface area contributed by atoms with E-state index in [2.05, 4.69) is 60.6 Å². The molecule has 2 heterocycles. The molecule has 1 N–H and O–H groups in total. The molecule has 0 atom stereocenters. The lowest BCUT2D eigenvalue weighted by Gasteiger charge is -2.19. The minimum absolute atomic E-state index is 0.0736. The number of hydrogen-bond acceptors (Lipinski definition) is 5. The molecule has 0 aliphatic heterocycles. The largest absolute Gasteiger partial charge is 0.467 e. The molecule has 0 unspecified atom stereocenters. The van der Waals surface area contributed by atoms with E-state index in [1.165, 1.54) is 17.3 Å². The fourth-order valence-electron chi connectivity index (χ4n) is 3.75. The Balaban J connectivity index is 1.56. The van der Waals surface area contributed by atoms with Crippen molar-refractivity contribution in [1.82, 2.24) is 14.8 Å². The summed E-state index contributed by atoms with van der Waals surface area (Å²) < 4.78 is 7.58. The summed E-state index contributed by atoms with van der Waals surface area (Å²) >= 11 is 1.37. The summed E-state index contributed by atoms with van der Waals surface area (Å²) in [7, 11) is 0. The molecule has 0 saturated heterocycles. The molecule has 0 saturated carbocycles. The van der Waals surface area contributed by atoms with E-state index in [1.807, 2.05) is 48.7 Å². The van der Waals surface area contributed by atoms with E-state index in [4.69, 9.17) is 4.42 Å². The lowest BCUT2D eigenvalue weighted by Crippen LogP contribution is -2.16. The number of hydrogen-bond donors (Lipinski definition) is 1. The highest BCUT2D eigenvalue weighted by Crippen LogP contribution is 2.29. The number of furan rings is 1. The van der Waals surface area contributed by atoms with E-state index in [9.17, 15) is 4.79 Å². The predicted molar refractivity (Wildman–Crippen MR) is 137 cm³/mol. The maximum Gasteiger partial charge on any atom is 0.234 e. The van der Waals surface area contributed by atoms with Crippen molar-refractivity contribution in [1.29, 1.82) is 0 Å². The van der Waals surface area contributed by atoms with Gasteiger partial charge >= 0.3 is 0 Å². The molecule has 0 radical (unpaired) electrons. The normalized spacial score (nSPS) is 11.6. The number of aryl methyl sites for hydroxylation is 2. The minimum Gasteiger partial charge on any atom is -0.467 e. The number of para-hydroxylation sites is 1. The highest BCUT2D eigenvalue weighted by atomic mass is 32.2. The maximum absolute atomic E-state index is 12.7. The second kappa shape index (κ2) is 9.89. The van der Waals surface area contributed by atoms with Crippen LogP contribution in [0.15, 0.2) is 70.4 Å². The molecule has 0 fully saturated rings. The van der Waals surface area contributed by atoms with Crippen molar-refractivity contribution in [3.05, 3.63) is 83.3 Å². The lowest BCUT2D eigenvalue weighted by atomic mass is 9.87. The van der Waals surface area contributed by atoms with Crippen LogP contribution in [0.4, 0.5) is 5.69 Å². The molecule has 1 amide bonds. The topological polar surface area (TPSA) is 73.0 Å². The Morgan fingerprint density at radius 3 is 2.32 bits per heavy atom. The minimum atomic E-state index is -0.0778. The first kappa shape index (κ1) is 23.8. The van der Waals surface area contributed by atoms with Crippen molar-refractivity contribution in [3.8, 4) is 11.4 Å². The van der Waals surface area contributed by atoms with Gasteiger partial charge in [-0.1, -0.05) is 75.0 Å². The van der Waals surface area contributed by atoms with E-state index >= 15 is 0 Å². The van der Waals surface area contributed by atoms with Crippen LogP contribution in [0.2, 0.25) is 0 Å². The highest BCUT2D eigenvalue weighted by molar-refractivity contribution is 7.99. The van der Waals surface area contributed by atoms with Gasteiger partial charge in [0.05, 0.1) is 18.6 Å². The molecule has 2 aromatic heterocycles. The number of amides is 1. The fraction of sp³-hybridized carbons (Fsp3) is 0.296. The molecule has 4 rings (SSSR count). The molecule has 0 bridgehead atoms. The van der Waals surface area contributed by atoms with Crippen LogP contribution in [0.3, 0.4) is 0 Å². The van der Waals surface area contributed by atoms with Crippen LogP contribution in [-0.2, 0) is 16.8 Å². The summed E-state index contributed by atoms with van der Waals surface area (Å²) in [5, 5.41) is 12.6. The quantitative estimate of drug-likeness (QED) is 0.321. The number of rotatable bonds is 7. The van der Waals surface area contributed by atoms with Crippen LogP contribution >= 0.6 is 11.8 Å². The first-order chi connectivity index (χ1) is 16.2. The van der Waals surface area contributed by atoms with Gasteiger partial charge in [-0.15, -0.1) is 10.2 Å². The van der Waals surface area contributed by atoms with Crippen molar-refractivity contribution in [3.63, 3.8) is 0 Å². The summed E-state index contributed by atoms with van der Waals surface area (Å²) in [6.45, 7) is 11.1. The van der Waals surface area contributed by atoms with Crippen LogP contribution in [-0.4, -0.2) is 26.4 Å². The summed E-state index contributed by atoms with van der Waals surface area (Å²) in [5.41, 5.74) is 5.25. The SMILES string of the molecule is Cc1cccc(C)c1NC(=O)CSc1nnc(-c2ccc(C(C)(C)C)cc2)n1Cc1ccco1.